The van der Waals surface area contributed by atoms with Crippen LogP contribution in [-0.4, -0.2) is 31.6 Å². The van der Waals surface area contributed by atoms with Crippen molar-refractivity contribution in [2.24, 2.45) is 0 Å². The van der Waals surface area contributed by atoms with Gasteiger partial charge in [-0.2, -0.15) is 0 Å². The summed E-state index contributed by atoms with van der Waals surface area (Å²) in [6.07, 6.45) is 1.77. The van der Waals surface area contributed by atoms with E-state index in [2.05, 4.69) is 31.2 Å². The molecule has 0 spiro atoms. The van der Waals surface area contributed by atoms with Crippen molar-refractivity contribution in [1.29, 1.82) is 0 Å². The van der Waals surface area contributed by atoms with Crippen LogP contribution in [0.25, 0.3) is 5.69 Å². The summed E-state index contributed by atoms with van der Waals surface area (Å²) in [6.45, 7) is 7.52. The third-order valence-electron chi connectivity index (χ3n) is 7.05. The van der Waals surface area contributed by atoms with Gasteiger partial charge < -0.3 is 25.2 Å². The molecule has 8 nitrogen and oxygen atoms in total. The highest BCUT2D eigenvalue weighted by atomic mass is 32.1. The van der Waals surface area contributed by atoms with Crippen LogP contribution in [0.4, 0.5) is 11.4 Å². The second kappa shape index (κ2) is 10.3. The Balaban J connectivity index is 1.66. The Morgan fingerprint density at radius 2 is 1.77 bits per heavy atom. The van der Waals surface area contributed by atoms with Crippen molar-refractivity contribution in [2.45, 2.75) is 39.8 Å². The lowest BCUT2D eigenvalue weighted by molar-refractivity contribution is -0.114. The molecule has 1 fully saturated rings. The Morgan fingerprint density at radius 3 is 2.41 bits per heavy atom. The van der Waals surface area contributed by atoms with Gasteiger partial charge in [-0.25, -0.2) is 4.79 Å². The lowest BCUT2D eigenvalue weighted by Gasteiger charge is -2.28. The molecule has 1 saturated heterocycles. The van der Waals surface area contributed by atoms with Gasteiger partial charge >= 0.3 is 5.97 Å². The Labute approximate surface area is 232 Å². The van der Waals surface area contributed by atoms with Gasteiger partial charge in [0.1, 0.15) is 0 Å². The molecule has 2 aromatic carbocycles. The normalized spacial score (nSPS) is 16.7. The van der Waals surface area contributed by atoms with Crippen molar-refractivity contribution in [3.8, 4) is 5.69 Å². The summed E-state index contributed by atoms with van der Waals surface area (Å²) in [5.74, 6) is -1.10. The SMILES string of the molecule is CC(=O)Nc1ccc(N2C(=S)N[C@@H](c3ccccn3)[C@H]2c2cc(C)n(-c3cc(C(=O)O)ccc3C)c2C)cc1. The topological polar surface area (TPSA) is 99.5 Å². The minimum atomic E-state index is -0.964. The first-order valence-corrected chi connectivity index (χ1v) is 13.0. The summed E-state index contributed by atoms with van der Waals surface area (Å²) in [4.78, 5) is 30.0. The average Bonchev–Trinajstić information content (AvgIpc) is 3.40. The second-order valence-electron chi connectivity index (χ2n) is 9.69. The zero-order valence-electron chi connectivity index (χ0n) is 22.1. The fourth-order valence-electron chi connectivity index (χ4n) is 5.30. The molecular formula is C30H29N5O3S. The molecular weight excluding hydrogens is 510 g/mol. The molecule has 0 unspecified atom stereocenters. The van der Waals surface area contributed by atoms with Gasteiger partial charge in [0.15, 0.2) is 5.11 Å². The van der Waals surface area contributed by atoms with E-state index < -0.39 is 5.97 Å². The minimum absolute atomic E-state index is 0.135. The molecule has 3 N–H and O–H groups in total. The molecule has 0 radical (unpaired) electrons. The Morgan fingerprint density at radius 1 is 1.03 bits per heavy atom. The number of hydrogen-bond acceptors (Lipinski definition) is 4. The quantitative estimate of drug-likeness (QED) is 0.273. The van der Waals surface area contributed by atoms with Crippen molar-refractivity contribution in [2.75, 3.05) is 10.2 Å². The monoisotopic (exact) mass is 539 g/mol. The third kappa shape index (κ3) is 4.88. The predicted molar refractivity (Wildman–Crippen MR) is 156 cm³/mol. The van der Waals surface area contributed by atoms with Crippen molar-refractivity contribution >= 4 is 40.6 Å². The van der Waals surface area contributed by atoms with Crippen molar-refractivity contribution < 1.29 is 14.7 Å². The number of aromatic carboxylic acids is 1. The molecule has 2 aromatic heterocycles. The third-order valence-corrected chi connectivity index (χ3v) is 7.36. The molecule has 1 amide bonds. The number of aryl methyl sites for hydroxylation is 2. The molecule has 3 heterocycles. The molecule has 0 saturated carbocycles. The molecule has 1 aliphatic heterocycles. The van der Waals surface area contributed by atoms with Crippen LogP contribution in [0, 0.1) is 20.8 Å². The van der Waals surface area contributed by atoms with Crippen LogP contribution in [0.15, 0.2) is 72.9 Å². The van der Waals surface area contributed by atoms with E-state index in [9.17, 15) is 14.7 Å². The number of carbonyl (C=O) groups excluding carboxylic acids is 1. The Hall–Kier alpha value is -4.50. The van der Waals surface area contributed by atoms with Crippen LogP contribution in [-0.2, 0) is 4.79 Å². The van der Waals surface area contributed by atoms with Crippen LogP contribution in [0.3, 0.4) is 0 Å². The lowest BCUT2D eigenvalue weighted by Crippen LogP contribution is -2.29. The van der Waals surface area contributed by atoms with Crippen LogP contribution in [0.5, 0.6) is 0 Å². The number of rotatable bonds is 6. The average molecular weight is 540 g/mol. The van der Waals surface area contributed by atoms with E-state index >= 15 is 0 Å². The minimum Gasteiger partial charge on any atom is -0.478 e. The van der Waals surface area contributed by atoms with Gasteiger partial charge in [0.2, 0.25) is 5.91 Å². The molecule has 0 bridgehead atoms. The maximum absolute atomic E-state index is 11.7. The van der Waals surface area contributed by atoms with Crippen molar-refractivity contribution in [3.63, 3.8) is 0 Å². The van der Waals surface area contributed by atoms with Crippen LogP contribution >= 0.6 is 12.2 Å². The number of benzene rings is 2. The molecule has 39 heavy (non-hydrogen) atoms. The summed E-state index contributed by atoms with van der Waals surface area (Å²) < 4.78 is 2.10. The number of carboxylic acids is 1. The first kappa shape index (κ1) is 26.1. The number of carbonyl (C=O) groups is 2. The van der Waals surface area contributed by atoms with E-state index in [1.54, 1.807) is 18.3 Å². The number of amides is 1. The summed E-state index contributed by atoms with van der Waals surface area (Å²) in [6, 6.07) is 20.3. The van der Waals surface area contributed by atoms with E-state index in [-0.39, 0.29) is 23.6 Å². The van der Waals surface area contributed by atoms with Crippen LogP contribution in [0.2, 0.25) is 0 Å². The fraction of sp³-hybridized carbons (Fsp3) is 0.200. The van der Waals surface area contributed by atoms with Crippen LogP contribution < -0.4 is 15.5 Å². The number of pyridine rings is 1. The summed E-state index contributed by atoms with van der Waals surface area (Å²) in [5, 5.41) is 16.5. The van der Waals surface area contributed by atoms with Gasteiger partial charge in [-0.3, -0.25) is 9.78 Å². The van der Waals surface area contributed by atoms with Gasteiger partial charge in [0, 0.05) is 41.6 Å². The molecule has 1 aliphatic rings. The predicted octanol–water partition coefficient (Wildman–Crippen LogP) is 5.63. The number of thiocarbonyl (C=S) groups is 1. The first-order chi connectivity index (χ1) is 18.7. The smallest absolute Gasteiger partial charge is 0.335 e. The lowest BCUT2D eigenvalue weighted by atomic mass is 9.96. The van der Waals surface area contributed by atoms with Gasteiger partial charge in [0.25, 0.3) is 0 Å². The van der Waals surface area contributed by atoms with E-state index in [0.29, 0.717) is 10.8 Å². The highest BCUT2D eigenvalue weighted by Crippen LogP contribution is 2.44. The maximum atomic E-state index is 11.7. The maximum Gasteiger partial charge on any atom is 0.335 e. The van der Waals surface area contributed by atoms with E-state index in [4.69, 9.17) is 12.2 Å². The molecule has 5 rings (SSSR count). The summed E-state index contributed by atoms with van der Waals surface area (Å²) >= 11 is 5.87. The molecule has 0 aliphatic carbocycles. The summed E-state index contributed by atoms with van der Waals surface area (Å²) in [5.41, 5.74) is 7.47. The number of nitrogens with zero attached hydrogens (tertiary/aromatic N) is 3. The molecule has 4 aromatic rings. The molecule has 9 heteroatoms. The number of aromatic nitrogens is 2. The van der Waals surface area contributed by atoms with E-state index in [1.165, 1.54) is 6.92 Å². The highest BCUT2D eigenvalue weighted by Gasteiger charge is 2.42. The molecule has 2 atom stereocenters. The standard InChI is InChI=1S/C30H29N5O3S/c1-17-8-9-21(29(37)38)16-26(17)34-18(2)15-24(19(34)3)28-27(25-7-5-6-14-31-25)33-30(39)35(28)23-12-10-22(11-13-23)32-20(4)36/h5-16,27-28H,1-4H3,(H,32,36)(H,33,39)(H,37,38)/t27-,28+/m0/s1. The number of carboxylic acid groups (broad SMARTS) is 1. The number of anilines is 2. The highest BCUT2D eigenvalue weighted by molar-refractivity contribution is 7.80. The number of nitrogens with one attached hydrogen (secondary N) is 2. The van der Waals surface area contributed by atoms with E-state index in [0.717, 1.165) is 39.6 Å². The van der Waals surface area contributed by atoms with Crippen LogP contribution in [0.1, 0.15) is 57.6 Å². The van der Waals surface area contributed by atoms with E-state index in [1.807, 2.05) is 69.3 Å². The summed E-state index contributed by atoms with van der Waals surface area (Å²) in [7, 11) is 0. The Bertz CT molecular complexity index is 1580. The van der Waals surface area contributed by atoms with Crippen molar-refractivity contribution in [3.05, 3.63) is 107 Å². The Kier molecular flexibility index (Phi) is 6.93. The van der Waals surface area contributed by atoms with Gasteiger partial charge in [-0.05, 0) is 98.7 Å². The first-order valence-electron chi connectivity index (χ1n) is 12.6. The van der Waals surface area contributed by atoms with Crippen molar-refractivity contribution in [1.82, 2.24) is 14.9 Å². The van der Waals surface area contributed by atoms with Gasteiger partial charge in [0.05, 0.1) is 23.3 Å². The largest absolute Gasteiger partial charge is 0.478 e. The fourth-order valence-corrected chi connectivity index (χ4v) is 5.64. The second-order valence-corrected chi connectivity index (χ2v) is 10.1. The zero-order chi connectivity index (χ0) is 27.8. The van der Waals surface area contributed by atoms with Gasteiger partial charge in [-0.1, -0.05) is 12.1 Å². The molecule has 198 valence electrons. The number of hydrogen-bond donors (Lipinski definition) is 3. The zero-order valence-corrected chi connectivity index (χ0v) is 22.9. The van der Waals surface area contributed by atoms with Gasteiger partial charge in [-0.15, -0.1) is 0 Å².